The molecule has 3 nitrogen and oxygen atoms in total. The quantitative estimate of drug-likeness (QED) is 0.764. The van der Waals surface area contributed by atoms with E-state index >= 15 is 0 Å². The molecule has 2 saturated carbocycles. The molecule has 2 unspecified atom stereocenters. The molecule has 0 aromatic rings. The van der Waals surface area contributed by atoms with Crippen molar-refractivity contribution >= 4 is 5.91 Å². The molecule has 0 spiro atoms. The van der Waals surface area contributed by atoms with Gasteiger partial charge >= 0.3 is 0 Å². The summed E-state index contributed by atoms with van der Waals surface area (Å²) < 4.78 is 0. The van der Waals surface area contributed by atoms with E-state index in [0.29, 0.717) is 16.9 Å². The molecule has 1 amide bonds. The number of nitrogens with two attached hydrogens (primary N) is 1. The maximum absolute atomic E-state index is 12.7. The van der Waals surface area contributed by atoms with Crippen molar-refractivity contribution in [3.8, 4) is 0 Å². The minimum atomic E-state index is 0.0284. The van der Waals surface area contributed by atoms with Crippen LogP contribution in [0.25, 0.3) is 0 Å². The van der Waals surface area contributed by atoms with Gasteiger partial charge in [0.05, 0.1) is 5.92 Å². The van der Waals surface area contributed by atoms with E-state index in [1.165, 1.54) is 19.3 Å². The molecule has 0 saturated heterocycles. The van der Waals surface area contributed by atoms with E-state index in [-0.39, 0.29) is 17.9 Å². The molecule has 0 heterocycles. The summed E-state index contributed by atoms with van der Waals surface area (Å²) in [5, 5.41) is 3.34. The average molecular weight is 294 g/mol. The molecule has 2 aliphatic rings. The number of hydrogen-bond donors (Lipinski definition) is 2. The van der Waals surface area contributed by atoms with Gasteiger partial charge < -0.3 is 11.1 Å². The molecular weight excluding hydrogens is 260 g/mol. The van der Waals surface area contributed by atoms with Crippen molar-refractivity contribution in [2.24, 2.45) is 22.5 Å². The first-order valence-electron chi connectivity index (χ1n) is 8.75. The van der Waals surface area contributed by atoms with E-state index in [9.17, 15) is 4.79 Å². The highest BCUT2D eigenvalue weighted by atomic mass is 16.2. The van der Waals surface area contributed by atoms with Gasteiger partial charge in [-0.3, -0.25) is 4.79 Å². The van der Waals surface area contributed by atoms with Gasteiger partial charge in [0.25, 0.3) is 0 Å². The third kappa shape index (κ3) is 4.70. The lowest BCUT2D eigenvalue weighted by molar-refractivity contribution is -0.127. The van der Waals surface area contributed by atoms with Gasteiger partial charge in [-0.15, -0.1) is 0 Å². The number of carbonyl (C=O) groups is 1. The van der Waals surface area contributed by atoms with E-state index in [1.807, 2.05) is 0 Å². The zero-order valence-corrected chi connectivity index (χ0v) is 14.4. The molecule has 0 aliphatic heterocycles. The minimum absolute atomic E-state index is 0.0284. The first-order valence-corrected chi connectivity index (χ1v) is 8.75. The summed E-state index contributed by atoms with van der Waals surface area (Å²) in [6.07, 6.45) is 8.92. The van der Waals surface area contributed by atoms with Crippen molar-refractivity contribution in [1.29, 1.82) is 0 Å². The summed E-state index contributed by atoms with van der Waals surface area (Å²) in [5.74, 6) is 0.239. The second kappa shape index (κ2) is 6.28. The van der Waals surface area contributed by atoms with Crippen LogP contribution in [0, 0.1) is 16.7 Å². The van der Waals surface area contributed by atoms with E-state index in [1.54, 1.807) is 0 Å². The lowest BCUT2D eigenvalue weighted by Crippen LogP contribution is -2.50. The van der Waals surface area contributed by atoms with Crippen LogP contribution in [0.2, 0.25) is 0 Å². The highest BCUT2D eigenvalue weighted by Gasteiger charge is 2.39. The first-order chi connectivity index (χ1) is 9.69. The minimum Gasteiger partial charge on any atom is -0.353 e. The molecule has 0 aromatic heterocycles. The lowest BCUT2D eigenvalue weighted by Gasteiger charge is -2.45. The topological polar surface area (TPSA) is 55.1 Å². The second-order valence-electron chi connectivity index (χ2n) is 9.03. The van der Waals surface area contributed by atoms with Gasteiger partial charge in [-0.05, 0) is 42.9 Å². The fourth-order valence-electron chi connectivity index (χ4n) is 4.92. The van der Waals surface area contributed by atoms with Crippen molar-refractivity contribution in [2.75, 3.05) is 0 Å². The molecule has 3 heteroatoms. The zero-order valence-electron chi connectivity index (χ0n) is 14.4. The van der Waals surface area contributed by atoms with Crippen molar-refractivity contribution < 1.29 is 4.79 Å². The molecule has 122 valence electrons. The predicted molar refractivity (Wildman–Crippen MR) is 87.9 cm³/mol. The third-order valence-corrected chi connectivity index (χ3v) is 5.31. The molecule has 2 fully saturated rings. The van der Waals surface area contributed by atoms with Crippen LogP contribution >= 0.6 is 0 Å². The van der Waals surface area contributed by atoms with Crippen LogP contribution in [-0.2, 0) is 4.79 Å². The van der Waals surface area contributed by atoms with Gasteiger partial charge in [-0.2, -0.15) is 0 Å². The summed E-state index contributed by atoms with van der Waals surface area (Å²) in [4.78, 5) is 12.7. The van der Waals surface area contributed by atoms with E-state index in [0.717, 1.165) is 32.1 Å². The van der Waals surface area contributed by atoms with E-state index in [4.69, 9.17) is 5.73 Å². The van der Waals surface area contributed by atoms with Crippen LogP contribution in [0.3, 0.4) is 0 Å². The number of carbonyl (C=O) groups excluding carboxylic acids is 1. The summed E-state index contributed by atoms with van der Waals surface area (Å²) in [7, 11) is 0. The Bertz CT molecular complexity index is 359. The van der Waals surface area contributed by atoms with Crippen molar-refractivity contribution in [3.05, 3.63) is 0 Å². The fraction of sp³-hybridized carbons (Fsp3) is 0.944. The Balaban J connectivity index is 1.98. The summed E-state index contributed by atoms with van der Waals surface area (Å²) >= 11 is 0. The van der Waals surface area contributed by atoms with Crippen LogP contribution in [0.15, 0.2) is 0 Å². The summed E-state index contributed by atoms with van der Waals surface area (Å²) in [6, 6.07) is 0.365. The number of amides is 1. The number of rotatable bonds is 2. The SMILES string of the molecule is CC1(C)CC(NC(=O)C2CCCCCC2N)CC(C)(C)C1. The Morgan fingerprint density at radius 2 is 1.57 bits per heavy atom. The van der Waals surface area contributed by atoms with E-state index in [2.05, 4.69) is 33.0 Å². The molecule has 3 N–H and O–H groups in total. The monoisotopic (exact) mass is 294 g/mol. The van der Waals surface area contributed by atoms with Crippen LogP contribution in [0.5, 0.6) is 0 Å². The molecule has 2 atom stereocenters. The Kier molecular flexibility index (Phi) is 5.02. The smallest absolute Gasteiger partial charge is 0.224 e. The fourth-order valence-corrected chi connectivity index (χ4v) is 4.92. The number of nitrogens with one attached hydrogen (secondary N) is 1. The largest absolute Gasteiger partial charge is 0.353 e. The summed E-state index contributed by atoms with van der Waals surface area (Å²) in [6.45, 7) is 9.30. The van der Waals surface area contributed by atoms with Gasteiger partial charge in [0.15, 0.2) is 0 Å². The van der Waals surface area contributed by atoms with Crippen molar-refractivity contribution in [2.45, 2.75) is 91.1 Å². The average Bonchev–Trinajstić information content (AvgIpc) is 2.49. The highest BCUT2D eigenvalue weighted by molar-refractivity contribution is 5.79. The standard InChI is InChI=1S/C18H34N2O/c1-17(2)10-13(11-18(3,4)12-17)20-16(21)14-8-6-5-7-9-15(14)19/h13-15H,5-12,19H2,1-4H3,(H,20,21). The Morgan fingerprint density at radius 3 is 2.19 bits per heavy atom. The zero-order chi connectivity index (χ0) is 15.7. The molecule has 0 bridgehead atoms. The van der Waals surface area contributed by atoms with Gasteiger partial charge in [-0.25, -0.2) is 0 Å². The van der Waals surface area contributed by atoms with Gasteiger partial charge in [-0.1, -0.05) is 47.0 Å². The van der Waals surface area contributed by atoms with Gasteiger partial charge in [0, 0.05) is 12.1 Å². The molecule has 0 radical (unpaired) electrons. The van der Waals surface area contributed by atoms with Crippen molar-refractivity contribution in [3.63, 3.8) is 0 Å². The van der Waals surface area contributed by atoms with Gasteiger partial charge in [0.2, 0.25) is 5.91 Å². The third-order valence-electron chi connectivity index (χ3n) is 5.31. The van der Waals surface area contributed by atoms with Crippen LogP contribution in [-0.4, -0.2) is 18.0 Å². The molecule has 21 heavy (non-hydrogen) atoms. The first kappa shape index (κ1) is 16.8. The maximum Gasteiger partial charge on any atom is 0.224 e. The van der Waals surface area contributed by atoms with Gasteiger partial charge in [0.1, 0.15) is 0 Å². The molecule has 2 aliphatic carbocycles. The molecule has 2 rings (SSSR count). The lowest BCUT2D eigenvalue weighted by atomic mass is 9.63. The Labute approximate surface area is 130 Å². The molecular formula is C18H34N2O. The Hall–Kier alpha value is -0.570. The highest BCUT2D eigenvalue weighted by Crippen LogP contribution is 2.45. The van der Waals surface area contributed by atoms with Crippen LogP contribution in [0.1, 0.15) is 79.1 Å². The predicted octanol–water partition coefficient (Wildman–Crippen LogP) is 3.62. The van der Waals surface area contributed by atoms with Crippen LogP contribution in [0.4, 0.5) is 0 Å². The van der Waals surface area contributed by atoms with Crippen molar-refractivity contribution in [1.82, 2.24) is 5.32 Å². The maximum atomic E-state index is 12.7. The van der Waals surface area contributed by atoms with E-state index < -0.39 is 0 Å². The molecule has 0 aromatic carbocycles. The normalized spacial score (nSPS) is 33.2. The second-order valence-corrected chi connectivity index (χ2v) is 9.03. The Morgan fingerprint density at radius 1 is 1.00 bits per heavy atom. The van der Waals surface area contributed by atoms with Crippen LogP contribution < -0.4 is 11.1 Å². The number of hydrogen-bond acceptors (Lipinski definition) is 2. The summed E-state index contributed by atoms with van der Waals surface area (Å²) in [5.41, 5.74) is 6.85.